The van der Waals surface area contributed by atoms with E-state index in [1.807, 2.05) is 38.1 Å². The van der Waals surface area contributed by atoms with Gasteiger partial charge >= 0.3 is 0 Å². The molecule has 0 unspecified atom stereocenters. The number of nitrogens with two attached hydrogens (primary N) is 1. The molecule has 25 heavy (non-hydrogen) atoms. The molecule has 3 rings (SSSR count). The summed E-state index contributed by atoms with van der Waals surface area (Å²) in [5.41, 5.74) is 8.98. The fourth-order valence-electron chi connectivity index (χ4n) is 2.38. The third-order valence-corrected chi connectivity index (χ3v) is 6.70. The summed E-state index contributed by atoms with van der Waals surface area (Å²) in [7, 11) is -3.78. The lowest BCUT2D eigenvalue weighted by Gasteiger charge is -2.07. The minimum absolute atomic E-state index is 0.171. The Balaban J connectivity index is 1.96. The number of sulfonamides is 1. The molecule has 1 aromatic carbocycles. The molecule has 0 spiro atoms. The molecule has 2 heterocycles. The lowest BCUT2D eigenvalue weighted by atomic mass is 10.2. The van der Waals surface area contributed by atoms with Gasteiger partial charge in [0.1, 0.15) is 16.6 Å². The van der Waals surface area contributed by atoms with E-state index in [9.17, 15) is 8.42 Å². The van der Waals surface area contributed by atoms with Crippen molar-refractivity contribution in [2.24, 2.45) is 0 Å². The predicted octanol–water partition coefficient (Wildman–Crippen LogP) is 3.51. The first kappa shape index (κ1) is 17.4. The van der Waals surface area contributed by atoms with Gasteiger partial charge in [0.05, 0.1) is 5.69 Å². The molecule has 0 aliphatic rings. The second-order valence-corrected chi connectivity index (χ2v) is 8.69. The summed E-state index contributed by atoms with van der Waals surface area (Å²) in [4.78, 5) is 8.43. The van der Waals surface area contributed by atoms with E-state index in [0.29, 0.717) is 10.7 Å². The molecule has 6 nitrogen and oxygen atoms in total. The number of anilines is 2. The van der Waals surface area contributed by atoms with E-state index in [4.69, 9.17) is 5.73 Å². The number of nitrogen functional groups attached to an aromatic ring is 1. The van der Waals surface area contributed by atoms with Crippen LogP contribution in [0.15, 0.2) is 40.6 Å². The van der Waals surface area contributed by atoms with Gasteiger partial charge in [0.15, 0.2) is 4.21 Å². The first-order valence-corrected chi connectivity index (χ1v) is 9.86. The molecule has 0 saturated heterocycles. The zero-order chi connectivity index (χ0) is 18.2. The Bertz CT molecular complexity index is 1010. The predicted molar refractivity (Wildman–Crippen MR) is 101 cm³/mol. The number of rotatable bonds is 4. The van der Waals surface area contributed by atoms with Crippen LogP contribution in [0.3, 0.4) is 0 Å². The number of benzene rings is 1. The number of hydrogen-bond acceptors (Lipinski definition) is 6. The number of aryl methyl sites for hydroxylation is 3. The summed E-state index contributed by atoms with van der Waals surface area (Å²) in [6.45, 7) is 5.50. The number of pyridine rings is 1. The van der Waals surface area contributed by atoms with E-state index in [1.54, 1.807) is 19.1 Å². The molecular weight excluding hydrogens is 356 g/mol. The van der Waals surface area contributed by atoms with Gasteiger partial charge in [0.25, 0.3) is 10.0 Å². The Morgan fingerprint density at radius 2 is 1.68 bits per heavy atom. The van der Waals surface area contributed by atoms with Crippen LogP contribution in [0.25, 0.3) is 10.6 Å². The van der Waals surface area contributed by atoms with Crippen LogP contribution in [0.2, 0.25) is 0 Å². The maximum atomic E-state index is 12.7. The molecular formula is C17H18N4O2S2. The molecule has 0 aliphatic heterocycles. The highest BCUT2D eigenvalue weighted by Crippen LogP contribution is 2.32. The summed E-state index contributed by atoms with van der Waals surface area (Å²) in [5.74, 6) is 0.459. The number of nitrogens with one attached hydrogen (secondary N) is 1. The van der Waals surface area contributed by atoms with Gasteiger partial charge in [0, 0.05) is 5.56 Å². The molecule has 0 atom stereocenters. The quantitative estimate of drug-likeness (QED) is 0.728. The van der Waals surface area contributed by atoms with Gasteiger partial charge in [-0.1, -0.05) is 29.8 Å². The Labute approximate surface area is 150 Å². The second kappa shape index (κ2) is 6.45. The van der Waals surface area contributed by atoms with Crippen LogP contribution < -0.4 is 10.5 Å². The van der Waals surface area contributed by atoms with Crippen LogP contribution in [-0.4, -0.2) is 18.4 Å². The van der Waals surface area contributed by atoms with Gasteiger partial charge in [0.2, 0.25) is 0 Å². The lowest BCUT2D eigenvalue weighted by molar-refractivity contribution is 0.602. The zero-order valence-electron chi connectivity index (χ0n) is 14.1. The fourth-order valence-corrected chi connectivity index (χ4v) is 4.90. The third kappa shape index (κ3) is 3.80. The van der Waals surface area contributed by atoms with Gasteiger partial charge < -0.3 is 5.73 Å². The summed E-state index contributed by atoms with van der Waals surface area (Å²) in [5, 5.41) is 0.662. The first-order valence-electron chi connectivity index (χ1n) is 7.56. The van der Waals surface area contributed by atoms with E-state index in [2.05, 4.69) is 14.7 Å². The van der Waals surface area contributed by atoms with E-state index < -0.39 is 10.0 Å². The molecule has 2 aromatic heterocycles. The highest BCUT2D eigenvalue weighted by molar-refractivity contribution is 7.94. The molecule has 0 bridgehead atoms. The highest BCUT2D eigenvalue weighted by atomic mass is 32.2. The van der Waals surface area contributed by atoms with Gasteiger partial charge in [-0.3, -0.25) is 4.72 Å². The maximum Gasteiger partial charge on any atom is 0.274 e. The van der Waals surface area contributed by atoms with E-state index in [-0.39, 0.29) is 15.8 Å². The highest BCUT2D eigenvalue weighted by Gasteiger charge is 2.23. The average Bonchev–Trinajstić information content (AvgIpc) is 2.89. The van der Waals surface area contributed by atoms with Crippen molar-refractivity contribution in [1.82, 2.24) is 9.97 Å². The van der Waals surface area contributed by atoms with Crippen LogP contribution in [0.4, 0.5) is 11.6 Å². The SMILES string of the molecule is Cc1ccc(-c2nc(C)c(S(=O)(=O)Nc3cc(C)cc(N)n3)s2)cc1. The first-order chi connectivity index (χ1) is 11.7. The number of thiazole rings is 1. The third-order valence-electron chi connectivity index (χ3n) is 3.53. The van der Waals surface area contributed by atoms with Gasteiger partial charge in [-0.05, 0) is 38.5 Å². The molecule has 0 saturated carbocycles. The van der Waals surface area contributed by atoms with Crippen LogP contribution >= 0.6 is 11.3 Å². The standard InChI is InChI=1S/C17H18N4O2S2/c1-10-4-6-13(7-5-10)16-19-12(3)17(24-16)25(22,23)21-15-9-11(2)8-14(18)20-15/h4-9H,1-3H3,(H3,18,20,21). The number of nitrogens with zero attached hydrogens (tertiary/aromatic N) is 2. The van der Waals surface area contributed by atoms with E-state index >= 15 is 0 Å². The molecule has 3 N–H and O–H groups in total. The van der Waals surface area contributed by atoms with Crippen molar-refractivity contribution in [2.45, 2.75) is 25.0 Å². The Morgan fingerprint density at radius 3 is 2.32 bits per heavy atom. The number of aromatic nitrogens is 2. The Kier molecular flexibility index (Phi) is 4.49. The summed E-state index contributed by atoms with van der Waals surface area (Å²) in [6.07, 6.45) is 0. The van der Waals surface area contributed by atoms with Crippen LogP contribution in [0.5, 0.6) is 0 Å². The van der Waals surface area contributed by atoms with Crippen molar-refractivity contribution in [3.05, 3.63) is 53.2 Å². The second-order valence-electron chi connectivity index (χ2n) is 5.82. The molecule has 130 valence electrons. The van der Waals surface area contributed by atoms with Crippen LogP contribution in [0.1, 0.15) is 16.8 Å². The summed E-state index contributed by atoms with van der Waals surface area (Å²) >= 11 is 1.13. The number of hydrogen-bond donors (Lipinski definition) is 2. The average molecular weight is 374 g/mol. The van der Waals surface area contributed by atoms with Gasteiger partial charge in [-0.2, -0.15) is 0 Å². The minimum atomic E-state index is -3.78. The Hall–Kier alpha value is -2.45. The van der Waals surface area contributed by atoms with Crippen LogP contribution in [-0.2, 0) is 10.0 Å². The smallest absolute Gasteiger partial charge is 0.274 e. The molecule has 0 amide bonds. The summed E-state index contributed by atoms with van der Waals surface area (Å²) in [6, 6.07) is 11.1. The lowest BCUT2D eigenvalue weighted by Crippen LogP contribution is -2.14. The molecule has 8 heteroatoms. The molecule has 3 aromatic rings. The maximum absolute atomic E-state index is 12.7. The van der Waals surface area contributed by atoms with Crippen LogP contribution in [0, 0.1) is 20.8 Å². The largest absolute Gasteiger partial charge is 0.384 e. The topological polar surface area (TPSA) is 98.0 Å². The van der Waals surface area contributed by atoms with Crippen molar-refractivity contribution in [3.63, 3.8) is 0 Å². The minimum Gasteiger partial charge on any atom is -0.384 e. The van der Waals surface area contributed by atoms with Crippen molar-refractivity contribution < 1.29 is 8.42 Å². The monoisotopic (exact) mass is 374 g/mol. The van der Waals surface area contributed by atoms with Gasteiger partial charge in [-0.25, -0.2) is 18.4 Å². The van der Waals surface area contributed by atoms with Gasteiger partial charge in [-0.15, -0.1) is 11.3 Å². The van der Waals surface area contributed by atoms with Crippen molar-refractivity contribution in [2.75, 3.05) is 10.5 Å². The van der Waals surface area contributed by atoms with Crippen molar-refractivity contribution in [1.29, 1.82) is 0 Å². The molecule has 0 radical (unpaired) electrons. The normalized spacial score (nSPS) is 11.5. The van der Waals surface area contributed by atoms with Crippen molar-refractivity contribution in [3.8, 4) is 10.6 Å². The van der Waals surface area contributed by atoms with E-state index in [1.165, 1.54) is 0 Å². The van der Waals surface area contributed by atoms with E-state index in [0.717, 1.165) is 28.0 Å². The molecule has 0 aliphatic carbocycles. The molecule has 0 fully saturated rings. The Morgan fingerprint density at radius 1 is 1.00 bits per heavy atom. The zero-order valence-corrected chi connectivity index (χ0v) is 15.7. The van der Waals surface area contributed by atoms with Crippen molar-refractivity contribution >= 4 is 33.0 Å². The summed E-state index contributed by atoms with van der Waals surface area (Å²) < 4.78 is 28.1. The fraction of sp³-hybridized carbons (Fsp3) is 0.176.